The maximum Gasteiger partial charge on any atom is 0.235 e. The van der Waals surface area contributed by atoms with E-state index in [0.29, 0.717) is 11.3 Å². The van der Waals surface area contributed by atoms with E-state index >= 15 is 0 Å². The molecule has 5 heteroatoms. The van der Waals surface area contributed by atoms with Gasteiger partial charge in [0, 0.05) is 11.6 Å². The Bertz CT molecular complexity index is 879. The Labute approximate surface area is 119 Å². The number of phenols is 1. The molecule has 0 aliphatic heterocycles. The number of fused-ring (bicyclic) bond motifs is 1. The smallest absolute Gasteiger partial charge is 0.235 e. The number of hydrogen-bond acceptors (Lipinski definition) is 5. The molecule has 0 atom stereocenters. The van der Waals surface area contributed by atoms with E-state index < -0.39 is 11.2 Å². The Kier molecular flexibility index (Phi) is 3.02. The summed E-state index contributed by atoms with van der Waals surface area (Å²) in [6.07, 6.45) is 0. The second-order valence-electron chi connectivity index (χ2n) is 4.52. The second kappa shape index (κ2) is 4.86. The summed E-state index contributed by atoms with van der Waals surface area (Å²) in [7, 11) is 1.52. The first-order valence-electron chi connectivity index (χ1n) is 6.23. The Morgan fingerprint density at radius 2 is 1.90 bits per heavy atom. The van der Waals surface area contributed by atoms with Crippen LogP contribution < -0.4 is 10.2 Å². The van der Waals surface area contributed by atoms with E-state index in [9.17, 15) is 15.0 Å². The lowest BCUT2D eigenvalue weighted by Gasteiger charge is -2.07. The third-order valence-electron chi connectivity index (χ3n) is 3.18. The minimum absolute atomic E-state index is 0.0204. The molecule has 0 amide bonds. The van der Waals surface area contributed by atoms with Crippen molar-refractivity contribution in [2.24, 2.45) is 0 Å². The highest BCUT2D eigenvalue weighted by Crippen LogP contribution is 2.32. The Hall–Kier alpha value is -2.95. The van der Waals surface area contributed by atoms with E-state index in [-0.39, 0.29) is 22.5 Å². The minimum atomic E-state index is -0.547. The molecule has 1 aromatic heterocycles. The van der Waals surface area contributed by atoms with Crippen LogP contribution in [0.25, 0.3) is 22.3 Å². The van der Waals surface area contributed by atoms with Crippen molar-refractivity contribution in [1.82, 2.24) is 0 Å². The zero-order valence-electron chi connectivity index (χ0n) is 11.2. The summed E-state index contributed by atoms with van der Waals surface area (Å²) in [6.45, 7) is 0. The van der Waals surface area contributed by atoms with Crippen molar-refractivity contribution in [2.75, 3.05) is 7.11 Å². The maximum atomic E-state index is 12.2. The molecule has 0 saturated heterocycles. The number of hydrogen-bond donors (Lipinski definition) is 2. The van der Waals surface area contributed by atoms with Gasteiger partial charge in [0.25, 0.3) is 0 Å². The largest absolute Gasteiger partial charge is 0.508 e. The first-order chi connectivity index (χ1) is 10.1. The minimum Gasteiger partial charge on any atom is -0.508 e. The zero-order chi connectivity index (χ0) is 15.0. The van der Waals surface area contributed by atoms with Gasteiger partial charge in [-0.15, -0.1) is 0 Å². The molecule has 2 aromatic carbocycles. The summed E-state index contributed by atoms with van der Waals surface area (Å²) in [5, 5.41) is 19.8. The van der Waals surface area contributed by atoms with Gasteiger partial charge in [-0.3, -0.25) is 4.79 Å². The van der Waals surface area contributed by atoms with Crippen LogP contribution in [-0.2, 0) is 0 Å². The normalized spacial score (nSPS) is 10.7. The van der Waals surface area contributed by atoms with Gasteiger partial charge in [0.1, 0.15) is 17.1 Å². The molecule has 0 bridgehead atoms. The highest BCUT2D eigenvalue weighted by molar-refractivity contribution is 5.83. The fraction of sp³-hybridized carbons (Fsp3) is 0.0625. The molecular weight excluding hydrogens is 272 g/mol. The summed E-state index contributed by atoms with van der Waals surface area (Å²) in [4.78, 5) is 12.2. The predicted molar refractivity (Wildman–Crippen MR) is 77.8 cm³/mol. The molecule has 0 radical (unpaired) electrons. The van der Waals surface area contributed by atoms with Crippen LogP contribution in [0, 0.1) is 0 Å². The lowest BCUT2D eigenvalue weighted by atomic mass is 10.1. The van der Waals surface area contributed by atoms with Gasteiger partial charge < -0.3 is 19.4 Å². The van der Waals surface area contributed by atoms with Crippen molar-refractivity contribution in [3.8, 4) is 28.6 Å². The molecule has 0 aliphatic carbocycles. The molecule has 21 heavy (non-hydrogen) atoms. The van der Waals surface area contributed by atoms with Crippen LogP contribution in [0.2, 0.25) is 0 Å². The van der Waals surface area contributed by atoms with Crippen LogP contribution in [-0.4, -0.2) is 17.3 Å². The van der Waals surface area contributed by atoms with Gasteiger partial charge >= 0.3 is 0 Å². The van der Waals surface area contributed by atoms with Crippen molar-refractivity contribution in [2.45, 2.75) is 0 Å². The van der Waals surface area contributed by atoms with Gasteiger partial charge in [-0.25, -0.2) is 0 Å². The van der Waals surface area contributed by atoms with Crippen LogP contribution in [0.4, 0.5) is 0 Å². The van der Waals surface area contributed by atoms with Crippen molar-refractivity contribution in [3.63, 3.8) is 0 Å². The van der Waals surface area contributed by atoms with E-state index in [0.717, 1.165) is 0 Å². The predicted octanol–water partition coefficient (Wildman–Crippen LogP) is 2.88. The molecule has 3 rings (SSSR count). The van der Waals surface area contributed by atoms with Crippen LogP contribution in [0.5, 0.6) is 17.2 Å². The number of ether oxygens (including phenoxy) is 1. The fourth-order valence-corrected chi connectivity index (χ4v) is 2.13. The topological polar surface area (TPSA) is 79.9 Å². The molecule has 0 unspecified atom stereocenters. The highest BCUT2D eigenvalue weighted by Gasteiger charge is 2.16. The van der Waals surface area contributed by atoms with Gasteiger partial charge in [-0.1, -0.05) is 12.1 Å². The molecule has 0 fully saturated rings. The van der Waals surface area contributed by atoms with Gasteiger partial charge in [-0.05, 0) is 24.3 Å². The number of methoxy groups -OCH3 is 1. The SMILES string of the molecule is COc1cccc(-c2oc3cc(O)ccc3c(=O)c2O)c1. The molecular formula is C16H12O5. The Morgan fingerprint density at radius 3 is 2.67 bits per heavy atom. The van der Waals surface area contributed by atoms with Crippen molar-refractivity contribution in [3.05, 3.63) is 52.7 Å². The van der Waals surface area contributed by atoms with Gasteiger partial charge in [-0.2, -0.15) is 0 Å². The summed E-state index contributed by atoms with van der Waals surface area (Å²) < 4.78 is 10.7. The molecule has 0 aliphatic rings. The Morgan fingerprint density at radius 1 is 1.10 bits per heavy atom. The summed E-state index contributed by atoms with van der Waals surface area (Å²) in [5.74, 6) is 0.122. The van der Waals surface area contributed by atoms with E-state index in [1.165, 1.54) is 25.3 Å². The lowest BCUT2D eigenvalue weighted by molar-refractivity contribution is 0.414. The molecule has 2 N–H and O–H groups in total. The molecule has 3 aromatic rings. The molecule has 5 nitrogen and oxygen atoms in total. The zero-order valence-corrected chi connectivity index (χ0v) is 11.2. The maximum absolute atomic E-state index is 12.2. The first kappa shape index (κ1) is 13.1. The standard InChI is InChI=1S/C16H12O5/c1-20-11-4-2-3-9(7-11)16-15(19)14(18)12-6-5-10(17)8-13(12)21-16/h2-8,17,19H,1H3. The molecule has 1 heterocycles. The van der Waals surface area contributed by atoms with E-state index in [4.69, 9.17) is 9.15 Å². The monoisotopic (exact) mass is 284 g/mol. The Balaban J connectivity index is 2.31. The molecule has 0 saturated carbocycles. The second-order valence-corrected chi connectivity index (χ2v) is 4.52. The summed E-state index contributed by atoms with van der Waals surface area (Å²) in [5.41, 5.74) is 0.166. The number of phenolic OH excluding ortho intramolecular Hbond substituents is 1. The van der Waals surface area contributed by atoms with Crippen molar-refractivity contribution in [1.29, 1.82) is 0 Å². The van der Waals surface area contributed by atoms with E-state index in [1.54, 1.807) is 24.3 Å². The number of rotatable bonds is 2. The average Bonchev–Trinajstić information content (AvgIpc) is 2.50. The van der Waals surface area contributed by atoms with Gasteiger partial charge in [0.2, 0.25) is 11.2 Å². The third-order valence-corrected chi connectivity index (χ3v) is 3.18. The van der Waals surface area contributed by atoms with Crippen LogP contribution in [0.3, 0.4) is 0 Å². The lowest BCUT2D eigenvalue weighted by Crippen LogP contribution is -2.02. The van der Waals surface area contributed by atoms with E-state index in [1.807, 2.05) is 0 Å². The van der Waals surface area contributed by atoms with Crippen LogP contribution in [0.1, 0.15) is 0 Å². The van der Waals surface area contributed by atoms with Crippen LogP contribution >= 0.6 is 0 Å². The fourth-order valence-electron chi connectivity index (χ4n) is 2.13. The van der Waals surface area contributed by atoms with Gasteiger partial charge in [0.15, 0.2) is 5.76 Å². The van der Waals surface area contributed by atoms with E-state index in [2.05, 4.69) is 0 Å². The highest BCUT2D eigenvalue weighted by atomic mass is 16.5. The molecule has 106 valence electrons. The third kappa shape index (κ3) is 2.18. The van der Waals surface area contributed by atoms with Gasteiger partial charge in [0.05, 0.1) is 12.5 Å². The molecule has 0 spiro atoms. The van der Waals surface area contributed by atoms with Crippen molar-refractivity contribution >= 4 is 11.0 Å². The number of aromatic hydroxyl groups is 2. The summed E-state index contributed by atoms with van der Waals surface area (Å²) in [6, 6.07) is 10.9. The van der Waals surface area contributed by atoms with Crippen LogP contribution in [0.15, 0.2) is 51.7 Å². The average molecular weight is 284 g/mol. The quantitative estimate of drug-likeness (QED) is 0.756. The first-order valence-corrected chi connectivity index (χ1v) is 6.23. The van der Waals surface area contributed by atoms with Crippen molar-refractivity contribution < 1.29 is 19.4 Å². The number of benzene rings is 2. The summed E-state index contributed by atoms with van der Waals surface area (Å²) >= 11 is 0.